The van der Waals surface area contributed by atoms with Gasteiger partial charge in [0.1, 0.15) is 22.8 Å². The smallest absolute Gasteiger partial charge is 0.338 e. The van der Waals surface area contributed by atoms with E-state index in [0.717, 1.165) is 63.2 Å². The topological polar surface area (TPSA) is 240 Å². The number of ether oxygens (including phenoxy) is 1. The van der Waals surface area contributed by atoms with Crippen LogP contribution in [0, 0.1) is 37.1 Å². The Balaban J connectivity index is 0.000000180. The van der Waals surface area contributed by atoms with Gasteiger partial charge < -0.3 is 31.1 Å². The SMILES string of the molecule is COC(=O)c1ccc2c(c1C)CC[C@@H]2NC(=O)c1cc(C(=O)NCc2ccc(F)c(F)c2)nc2c(-c3ccccc3)cnn12.Cc1c(C(=O)O)ccc2c1CC[C@@H]2NC(=O)c1cc(C(=O)NCc2ccc(F)c(F)c2)nc2c(-c3ccccc3)cnn12. The van der Waals surface area contributed by atoms with Crippen LogP contribution in [-0.2, 0) is 30.7 Å². The van der Waals surface area contributed by atoms with Crippen LogP contribution in [0.25, 0.3) is 33.5 Å². The fourth-order valence-electron chi connectivity index (χ4n) is 11.1. The lowest BCUT2D eigenvalue weighted by atomic mass is 9.98. The maximum Gasteiger partial charge on any atom is 0.338 e. The summed E-state index contributed by atoms with van der Waals surface area (Å²) in [6.45, 7) is 3.45. The first-order chi connectivity index (χ1) is 42.0. The van der Waals surface area contributed by atoms with Crippen molar-refractivity contribution >= 4 is 46.9 Å². The molecule has 0 saturated carbocycles. The highest BCUT2D eigenvalue weighted by molar-refractivity contribution is 6.01. The number of rotatable bonds is 14. The standard InChI is InChI=1S/C33H27F2N5O4.C32H25F2N5O4/c1-18-21-11-13-27(23(21)10-9-22(18)33(43)44-2)39-32(42)29-15-28(31(41)36-16-19-8-12-25(34)26(35)14-19)38-30-24(17-37-40(29)30)20-6-4-3-5-7-20;1-17-20-10-12-26(22(20)9-8-21(17)32(42)43)38-31(41)28-14-27(30(40)35-15-18-7-11-24(33)25(34)13-18)37-29-23(16-36-39(28)29)19-5-3-2-4-6-19/h3-10,12,14-15,17,27H,11,13,16H2,1-2H3,(H,36,41)(H,39,42);2-9,11,13-14,16,26H,10,12,15H2,1H3,(H,35,40)(H,38,41)(H,42,43)/t27-;26-/m00/s1. The van der Waals surface area contributed by atoms with E-state index in [0.29, 0.717) is 64.7 Å². The number of aromatic carboxylic acids is 1. The minimum atomic E-state index is -1.03. The first-order valence-electron chi connectivity index (χ1n) is 27.5. The predicted molar refractivity (Wildman–Crippen MR) is 310 cm³/mol. The van der Waals surface area contributed by atoms with Crippen LogP contribution in [0.15, 0.2) is 146 Å². The lowest BCUT2D eigenvalue weighted by Crippen LogP contribution is -2.30. The number of hydrogen-bond donors (Lipinski definition) is 5. The second kappa shape index (κ2) is 24.4. The molecule has 0 spiro atoms. The largest absolute Gasteiger partial charge is 0.478 e. The zero-order chi connectivity index (χ0) is 61.2. The maximum atomic E-state index is 13.8. The summed E-state index contributed by atoms with van der Waals surface area (Å²) in [4.78, 5) is 86.9. The number of hydrogen-bond acceptors (Lipinski definition) is 11. The summed E-state index contributed by atoms with van der Waals surface area (Å²) >= 11 is 0. The number of halogens is 4. The van der Waals surface area contributed by atoms with Crippen molar-refractivity contribution < 1.29 is 56.2 Å². The second-order valence-corrected chi connectivity index (χ2v) is 20.8. The molecule has 0 radical (unpaired) electrons. The highest BCUT2D eigenvalue weighted by Crippen LogP contribution is 2.37. The maximum absolute atomic E-state index is 13.8. The van der Waals surface area contributed by atoms with Gasteiger partial charge in [0.2, 0.25) is 0 Å². The number of carboxylic acid groups (broad SMARTS) is 1. The molecule has 4 aromatic heterocycles. The molecule has 0 fully saturated rings. The molecule has 0 unspecified atom stereocenters. The average molecular weight is 1180 g/mol. The zero-order valence-corrected chi connectivity index (χ0v) is 46.8. The summed E-state index contributed by atoms with van der Waals surface area (Å²) in [5.41, 5.74) is 9.97. The molecule has 2 atom stereocenters. The fraction of sp³-hybridized carbons (Fsp3) is 0.169. The van der Waals surface area contributed by atoms with E-state index in [1.165, 1.54) is 40.4 Å². The van der Waals surface area contributed by atoms with Crippen LogP contribution in [0.3, 0.4) is 0 Å². The Hall–Kier alpha value is -10.9. The van der Waals surface area contributed by atoms with Gasteiger partial charge in [-0.3, -0.25) is 19.2 Å². The van der Waals surface area contributed by atoms with E-state index in [1.807, 2.05) is 73.7 Å². The molecule has 6 aromatic carbocycles. The van der Waals surface area contributed by atoms with E-state index >= 15 is 0 Å². The van der Waals surface area contributed by atoms with Gasteiger partial charge in [-0.15, -0.1) is 0 Å². The van der Waals surface area contributed by atoms with Gasteiger partial charge in [0.05, 0.1) is 42.7 Å². The molecular formula is C65H52F4N10O8. The fourth-order valence-corrected chi connectivity index (χ4v) is 11.1. The molecular weight excluding hydrogens is 1120 g/mol. The molecule has 0 bridgehead atoms. The molecule has 4 heterocycles. The Morgan fingerprint density at radius 3 is 1.38 bits per heavy atom. The van der Waals surface area contributed by atoms with E-state index in [1.54, 1.807) is 37.5 Å². The van der Waals surface area contributed by atoms with Gasteiger partial charge in [0, 0.05) is 36.3 Å². The number of benzene rings is 6. The van der Waals surface area contributed by atoms with E-state index in [4.69, 9.17) is 4.74 Å². The number of carbonyl (C=O) groups is 6. The Kier molecular flexibility index (Phi) is 16.2. The molecule has 2 aliphatic rings. The van der Waals surface area contributed by atoms with Gasteiger partial charge >= 0.3 is 11.9 Å². The van der Waals surface area contributed by atoms with Gasteiger partial charge in [0.25, 0.3) is 23.6 Å². The van der Waals surface area contributed by atoms with Crippen molar-refractivity contribution in [2.24, 2.45) is 0 Å². The number of esters is 1. The number of amides is 4. The van der Waals surface area contributed by atoms with E-state index < -0.39 is 58.8 Å². The molecule has 87 heavy (non-hydrogen) atoms. The minimum Gasteiger partial charge on any atom is -0.478 e. The third kappa shape index (κ3) is 11.7. The number of aromatic nitrogens is 6. The van der Waals surface area contributed by atoms with Gasteiger partial charge in [0.15, 0.2) is 34.6 Å². The number of carbonyl (C=O) groups excluding carboxylic acids is 5. The Morgan fingerprint density at radius 2 is 0.966 bits per heavy atom. The van der Waals surface area contributed by atoms with Gasteiger partial charge in [-0.05, 0) is 132 Å². The first-order valence-corrected chi connectivity index (χ1v) is 27.5. The van der Waals surface area contributed by atoms with Crippen molar-refractivity contribution in [1.82, 2.24) is 50.5 Å². The number of fused-ring (bicyclic) bond motifs is 4. The van der Waals surface area contributed by atoms with Crippen LogP contribution in [0.2, 0.25) is 0 Å². The van der Waals surface area contributed by atoms with Crippen LogP contribution >= 0.6 is 0 Å². The number of methoxy groups -OCH3 is 1. The van der Waals surface area contributed by atoms with Crippen molar-refractivity contribution in [3.8, 4) is 22.3 Å². The second-order valence-electron chi connectivity index (χ2n) is 20.8. The average Bonchev–Trinajstić information content (AvgIpc) is 1.92. The van der Waals surface area contributed by atoms with Crippen molar-refractivity contribution in [3.05, 3.63) is 248 Å². The Morgan fingerprint density at radius 1 is 0.540 bits per heavy atom. The van der Waals surface area contributed by atoms with Crippen LogP contribution < -0.4 is 21.3 Å². The molecule has 0 saturated heterocycles. The lowest BCUT2D eigenvalue weighted by molar-refractivity contribution is 0.0598. The number of carboxylic acids is 1. The van der Waals surface area contributed by atoms with E-state index in [-0.39, 0.29) is 59.2 Å². The van der Waals surface area contributed by atoms with Crippen molar-refractivity contribution in [2.75, 3.05) is 7.11 Å². The van der Waals surface area contributed by atoms with Gasteiger partial charge in [-0.25, -0.2) is 46.1 Å². The third-order valence-corrected chi connectivity index (χ3v) is 15.6. The van der Waals surface area contributed by atoms with E-state index in [9.17, 15) is 51.4 Å². The minimum absolute atomic E-state index is 0.0479. The molecule has 5 N–H and O–H groups in total. The van der Waals surface area contributed by atoms with Crippen LogP contribution in [0.5, 0.6) is 0 Å². The van der Waals surface area contributed by atoms with Gasteiger partial charge in [-0.2, -0.15) is 10.2 Å². The van der Waals surface area contributed by atoms with Crippen LogP contribution in [0.1, 0.15) is 132 Å². The zero-order valence-electron chi connectivity index (χ0n) is 46.8. The summed E-state index contributed by atoms with van der Waals surface area (Å²) in [5, 5.41) is 29.7. The number of nitrogens with one attached hydrogen (secondary N) is 4. The van der Waals surface area contributed by atoms with E-state index in [2.05, 4.69) is 41.4 Å². The highest BCUT2D eigenvalue weighted by atomic mass is 19.2. The summed E-state index contributed by atoms with van der Waals surface area (Å²) in [6.07, 6.45) is 5.63. The third-order valence-electron chi connectivity index (χ3n) is 15.6. The Bertz CT molecular complexity index is 4420. The van der Waals surface area contributed by atoms with Crippen molar-refractivity contribution in [3.63, 3.8) is 0 Å². The lowest BCUT2D eigenvalue weighted by Gasteiger charge is -2.16. The summed E-state index contributed by atoms with van der Waals surface area (Å²) in [6, 6.07) is 34.1. The van der Waals surface area contributed by atoms with Crippen molar-refractivity contribution in [2.45, 2.75) is 64.7 Å². The molecule has 0 aliphatic heterocycles. The first kappa shape index (κ1) is 57.9. The van der Waals surface area contributed by atoms with Crippen LogP contribution in [-0.4, -0.2) is 77.0 Å². The molecule has 2 aliphatic carbocycles. The molecule has 18 nitrogen and oxygen atoms in total. The van der Waals surface area contributed by atoms with Crippen LogP contribution in [0.4, 0.5) is 17.6 Å². The monoisotopic (exact) mass is 1180 g/mol. The highest BCUT2D eigenvalue weighted by Gasteiger charge is 2.32. The molecule has 12 rings (SSSR count). The summed E-state index contributed by atoms with van der Waals surface area (Å²) in [7, 11) is 1.34. The Labute approximate surface area is 493 Å². The quantitative estimate of drug-likeness (QED) is 0.0505. The summed E-state index contributed by atoms with van der Waals surface area (Å²) < 4.78 is 61.7. The molecule has 4 amide bonds. The van der Waals surface area contributed by atoms with Crippen molar-refractivity contribution in [1.29, 1.82) is 0 Å². The number of nitrogens with zero attached hydrogens (tertiary/aromatic N) is 6. The molecule has 10 aromatic rings. The molecule has 438 valence electrons. The normalized spacial score (nSPS) is 13.9. The molecule has 22 heteroatoms. The predicted octanol–water partition coefficient (Wildman–Crippen LogP) is 10.1. The van der Waals surface area contributed by atoms with Gasteiger partial charge in [-0.1, -0.05) is 84.9 Å². The summed E-state index contributed by atoms with van der Waals surface area (Å²) in [5.74, 6) is -7.64.